The van der Waals surface area contributed by atoms with Crippen molar-refractivity contribution < 1.29 is 23.7 Å². The lowest BCUT2D eigenvalue weighted by Gasteiger charge is -2.13. The first kappa shape index (κ1) is 19.9. The molecular formula is C22H17N3O6. The Bertz CT molecular complexity index is 1200. The fourth-order valence-electron chi connectivity index (χ4n) is 3.16. The number of rotatable bonds is 6. The number of para-hydroxylation sites is 1. The summed E-state index contributed by atoms with van der Waals surface area (Å²) in [4.78, 5) is 35.9. The van der Waals surface area contributed by atoms with Gasteiger partial charge in [-0.25, -0.2) is 5.01 Å². The lowest BCUT2D eigenvalue weighted by atomic mass is 10.1. The maximum Gasteiger partial charge on any atom is 0.284 e. The highest BCUT2D eigenvalue weighted by Gasteiger charge is 2.34. The van der Waals surface area contributed by atoms with Gasteiger partial charge in [-0.2, -0.15) is 0 Å². The van der Waals surface area contributed by atoms with Crippen LogP contribution in [0.5, 0.6) is 5.75 Å². The zero-order valence-electron chi connectivity index (χ0n) is 16.4. The number of hydrazine groups is 1. The second-order valence-corrected chi connectivity index (χ2v) is 6.55. The molecule has 2 aromatic carbocycles. The summed E-state index contributed by atoms with van der Waals surface area (Å²) in [6.07, 6.45) is 1.31. The summed E-state index contributed by atoms with van der Waals surface area (Å²) in [6, 6.07) is 16.2. The SMILES string of the molecule is CCOc1ccc(-c2ccc(C=C3C(=O)NN(c4ccccc4)C3=O)o2)c([N+](=O)[O-])c1. The number of carbonyl (C=O) groups is 2. The van der Waals surface area contributed by atoms with Gasteiger partial charge in [0.05, 0.1) is 28.8 Å². The number of nitrogens with zero attached hydrogens (tertiary/aromatic N) is 2. The third-order valence-electron chi connectivity index (χ3n) is 4.56. The quantitative estimate of drug-likeness (QED) is 0.282. The van der Waals surface area contributed by atoms with Gasteiger partial charge in [-0.15, -0.1) is 0 Å². The number of benzene rings is 2. The fourth-order valence-corrected chi connectivity index (χ4v) is 3.16. The molecule has 9 nitrogen and oxygen atoms in total. The highest BCUT2D eigenvalue weighted by molar-refractivity contribution is 6.31. The molecule has 1 N–H and O–H groups in total. The van der Waals surface area contributed by atoms with Crippen LogP contribution < -0.4 is 15.2 Å². The number of furan rings is 1. The number of ether oxygens (including phenoxy) is 1. The van der Waals surface area contributed by atoms with E-state index in [1.807, 2.05) is 0 Å². The van der Waals surface area contributed by atoms with E-state index in [2.05, 4.69) is 5.43 Å². The third-order valence-corrected chi connectivity index (χ3v) is 4.56. The Morgan fingerprint density at radius 2 is 1.90 bits per heavy atom. The van der Waals surface area contributed by atoms with E-state index in [0.29, 0.717) is 18.0 Å². The second-order valence-electron chi connectivity index (χ2n) is 6.55. The van der Waals surface area contributed by atoms with E-state index in [0.717, 1.165) is 5.01 Å². The predicted octanol–water partition coefficient (Wildman–Crippen LogP) is 3.71. The Morgan fingerprint density at radius 1 is 1.13 bits per heavy atom. The molecule has 2 heterocycles. The number of nitrogens with one attached hydrogen (secondary N) is 1. The van der Waals surface area contributed by atoms with Crippen LogP contribution in [-0.2, 0) is 9.59 Å². The average Bonchev–Trinajstić information content (AvgIpc) is 3.35. The molecular weight excluding hydrogens is 402 g/mol. The first-order valence-electron chi connectivity index (χ1n) is 9.41. The van der Waals surface area contributed by atoms with Crippen LogP contribution in [0.4, 0.5) is 11.4 Å². The third kappa shape index (κ3) is 3.88. The Balaban J connectivity index is 1.64. The molecule has 1 aliphatic heterocycles. The summed E-state index contributed by atoms with van der Waals surface area (Å²) in [7, 11) is 0. The van der Waals surface area contributed by atoms with Crippen LogP contribution in [0.2, 0.25) is 0 Å². The molecule has 156 valence electrons. The highest BCUT2D eigenvalue weighted by atomic mass is 16.6. The fraction of sp³-hybridized carbons (Fsp3) is 0.0909. The molecule has 0 radical (unpaired) electrons. The smallest absolute Gasteiger partial charge is 0.284 e. The van der Waals surface area contributed by atoms with Gasteiger partial charge in [0, 0.05) is 0 Å². The summed E-state index contributed by atoms with van der Waals surface area (Å²) in [5, 5.41) is 12.6. The van der Waals surface area contributed by atoms with E-state index in [4.69, 9.17) is 9.15 Å². The molecule has 0 bridgehead atoms. The summed E-state index contributed by atoms with van der Waals surface area (Å²) >= 11 is 0. The number of hydrogen-bond acceptors (Lipinski definition) is 6. The number of carbonyl (C=O) groups excluding carboxylic acids is 2. The summed E-state index contributed by atoms with van der Waals surface area (Å²) in [5.74, 6) is -0.278. The zero-order valence-corrected chi connectivity index (χ0v) is 16.4. The summed E-state index contributed by atoms with van der Waals surface area (Å²) in [5.41, 5.74) is 3.00. The minimum Gasteiger partial charge on any atom is -0.494 e. The van der Waals surface area contributed by atoms with Gasteiger partial charge in [0.2, 0.25) is 0 Å². The van der Waals surface area contributed by atoms with Crippen molar-refractivity contribution in [3.8, 4) is 17.1 Å². The topological polar surface area (TPSA) is 115 Å². The van der Waals surface area contributed by atoms with Gasteiger partial charge in [-0.3, -0.25) is 25.1 Å². The lowest BCUT2D eigenvalue weighted by molar-refractivity contribution is -0.384. The first-order valence-corrected chi connectivity index (χ1v) is 9.41. The number of nitro groups is 1. The van der Waals surface area contributed by atoms with Gasteiger partial charge in [-0.05, 0) is 49.4 Å². The molecule has 0 aliphatic carbocycles. The second kappa shape index (κ2) is 8.15. The van der Waals surface area contributed by atoms with Crippen LogP contribution in [0.1, 0.15) is 12.7 Å². The Hall–Kier alpha value is -4.40. The molecule has 0 spiro atoms. The van der Waals surface area contributed by atoms with Gasteiger partial charge >= 0.3 is 0 Å². The molecule has 0 saturated carbocycles. The normalized spacial score (nSPS) is 14.7. The molecule has 2 amide bonds. The van der Waals surface area contributed by atoms with Gasteiger partial charge in [0.15, 0.2) is 0 Å². The van der Waals surface area contributed by atoms with Gasteiger partial charge in [0.1, 0.15) is 22.8 Å². The van der Waals surface area contributed by atoms with Crippen molar-refractivity contribution in [2.45, 2.75) is 6.92 Å². The monoisotopic (exact) mass is 419 g/mol. The maximum absolute atomic E-state index is 12.7. The molecule has 4 rings (SSSR count). The van der Waals surface area contributed by atoms with Crippen molar-refractivity contribution in [1.29, 1.82) is 0 Å². The molecule has 1 saturated heterocycles. The largest absolute Gasteiger partial charge is 0.494 e. The van der Waals surface area contributed by atoms with Crippen LogP contribution >= 0.6 is 0 Å². The number of anilines is 1. The number of amides is 2. The Kier molecular flexibility index (Phi) is 5.23. The molecule has 9 heteroatoms. The Labute approximate surface area is 176 Å². The molecule has 1 fully saturated rings. The Morgan fingerprint density at radius 3 is 2.61 bits per heavy atom. The van der Waals surface area contributed by atoms with E-state index in [1.165, 1.54) is 24.3 Å². The van der Waals surface area contributed by atoms with E-state index in [9.17, 15) is 19.7 Å². The minimum atomic E-state index is -0.571. The van der Waals surface area contributed by atoms with Gasteiger partial charge < -0.3 is 9.15 Å². The maximum atomic E-state index is 12.7. The molecule has 0 unspecified atom stereocenters. The van der Waals surface area contributed by atoms with Crippen molar-refractivity contribution in [2.24, 2.45) is 0 Å². The molecule has 1 aliphatic rings. The molecule has 3 aromatic rings. The highest BCUT2D eigenvalue weighted by Crippen LogP contribution is 2.35. The van der Waals surface area contributed by atoms with Crippen molar-refractivity contribution in [1.82, 2.24) is 5.43 Å². The molecule has 31 heavy (non-hydrogen) atoms. The number of hydrogen-bond donors (Lipinski definition) is 1. The van der Waals surface area contributed by atoms with Gasteiger partial charge in [-0.1, -0.05) is 18.2 Å². The summed E-state index contributed by atoms with van der Waals surface area (Å²) < 4.78 is 11.0. The van der Waals surface area contributed by atoms with Crippen molar-refractivity contribution >= 4 is 29.3 Å². The van der Waals surface area contributed by atoms with E-state index < -0.39 is 16.7 Å². The van der Waals surface area contributed by atoms with Crippen molar-refractivity contribution in [3.63, 3.8) is 0 Å². The van der Waals surface area contributed by atoms with Crippen LogP contribution in [0.25, 0.3) is 17.4 Å². The van der Waals surface area contributed by atoms with E-state index in [1.54, 1.807) is 49.4 Å². The van der Waals surface area contributed by atoms with Crippen molar-refractivity contribution in [2.75, 3.05) is 11.6 Å². The first-order chi connectivity index (χ1) is 15.0. The van der Waals surface area contributed by atoms with E-state index >= 15 is 0 Å². The molecule has 1 aromatic heterocycles. The average molecular weight is 419 g/mol. The van der Waals surface area contributed by atoms with Crippen LogP contribution in [-0.4, -0.2) is 23.3 Å². The van der Waals surface area contributed by atoms with Crippen LogP contribution in [0.15, 0.2) is 70.7 Å². The number of nitro benzene ring substituents is 1. The van der Waals surface area contributed by atoms with Crippen molar-refractivity contribution in [3.05, 3.63) is 82.1 Å². The lowest BCUT2D eigenvalue weighted by Crippen LogP contribution is -2.35. The summed E-state index contributed by atoms with van der Waals surface area (Å²) in [6.45, 7) is 2.16. The minimum absolute atomic E-state index is 0.106. The van der Waals surface area contributed by atoms with Crippen LogP contribution in [0.3, 0.4) is 0 Å². The van der Waals surface area contributed by atoms with Gasteiger partial charge in [0.25, 0.3) is 17.5 Å². The standard InChI is InChI=1S/C22H17N3O6/c1-2-30-15-8-10-17(19(13-15)25(28)29)20-11-9-16(31-20)12-18-21(26)23-24(22(18)27)14-6-4-3-5-7-14/h3-13H,2H2,1H3,(H,23,26). The van der Waals surface area contributed by atoms with E-state index in [-0.39, 0.29) is 28.3 Å². The van der Waals surface area contributed by atoms with Crippen LogP contribution in [0, 0.1) is 10.1 Å². The predicted molar refractivity (Wildman–Crippen MR) is 112 cm³/mol. The molecule has 0 atom stereocenters. The zero-order chi connectivity index (χ0) is 22.0.